The van der Waals surface area contributed by atoms with Crippen LogP contribution in [-0.4, -0.2) is 22.5 Å². The fraction of sp³-hybridized carbons (Fsp3) is 0.441. The van der Waals surface area contributed by atoms with Gasteiger partial charge in [0.05, 0.1) is 12.2 Å². The van der Waals surface area contributed by atoms with Crippen molar-refractivity contribution in [1.29, 1.82) is 10.5 Å². The first-order chi connectivity index (χ1) is 20.1. The van der Waals surface area contributed by atoms with Crippen LogP contribution in [0.3, 0.4) is 0 Å². The summed E-state index contributed by atoms with van der Waals surface area (Å²) in [4.78, 5) is 21.9. The van der Waals surface area contributed by atoms with Crippen LogP contribution in [0.4, 0.5) is 0 Å². The highest BCUT2D eigenvalue weighted by Gasteiger charge is 2.19. The minimum Gasteiger partial charge on any atom is -0.492 e. The second-order valence-electron chi connectivity index (χ2n) is 10.2. The highest BCUT2D eigenvalue weighted by molar-refractivity contribution is 5.92. The summed E-state index contributed by atoms with van der Waals surface area (Å²) in [6.07, 6.45) is 17.9. The normalized spacial score (nSPS) is 10.5. The van der Waals surface area contributed by atoms with Gasteiger partial charge in [0.15, 0.2) is 11.6 Å². The van der Waals surface area contributed by atoms with Crippen LogP contribution in [0.2, 0.25) is 0 Å². The maximum atomic E-state index is 12.8. The van der Waals surface area contributed by atoms with Gasteiger partial charge in [-0.25, -0.2) is 14.8 Å². The smallest absolute Gasteiger partial charge is 0.343 e. The summed E-state index contributed by atoms with van der Waals surface area (Å²) in [7, 11) is 0. The Morgan fingerprint density at radius 3 is 1.93 bits per heavy atom. The van der Waals surface area contributed by atoms with Gasteiger partial charge in [-0.05, 0) is 49.1 Å². The van der Waals surface area contributed by atoms with Crippen LogP contribution in [0.25, 0.3) is 11.4 Å². The third kappa shape index (κ3) is 9.72. The van der Waals surface area contributed by atoms with Crippen molar-refractivity contribution < 1.29 is 14.3 Å². The first kappa shape index (κ1) is 31.3. The predicted octanol–water partition coefficient (Wildman–Crippen LogP) is 8.36. The zero-order valence-electron chi connectivity index (χ0n) is 24.3. The molecule has 0 unspecified atom stereocenters. The molecule has 0 saturated carbocycles. The molecule has 0 N–H and O–H groups in total. The number of unbranched alkanes of at least 4 members (excludes halogenated alkanes) is 9. The molecule has 7 heteroatoms. The van der Waals surface area contributed by atoms with E-state index in [-0.39, 0.29) is 16.9 Å². The fourth-order valence-corrected chi connectivity index (χ4v) is 4.54. The van der Waals surface area contributed by atoms with Crippen molar-refractivity contribution in [3.8, 4) is 35.0 Å². The number of aryl methyl sites for hydroxylation is 1. The summed E-state index contributed by atoms with van der Waals surface area (Å²) in [5.41, 5.74) is 2.26. The van der Waals surface area contributed by atoms with Gasteiger partial charge in [0.25, 0.3) is 0 Å². The molecule has 7 nitrogen and oxygen atoms in total. The molecule has 0 bridgehead atoms. The Morgan fingerprint density at radius 2 is 1.29 bits per heavy atom. The Balaban J connectivity index is 1.56. The molecule has 1 aromatic heterocycles. The Labute approximate surface area is 244 Å². The summed E-state index contributed by atoms with van der Waals surface area (Å²) in [5, 5.41) is 19.3. The Morgan fingerprint density at radius 1 is 0.732 bits per heavy atom. The zero-order chi connectivity index (χ0) is 29.3. The number of carbonyl (C=O) groups excluding carboxylic acids is 1. The van der Waals surface area contributed by atoms with Crippen LogP contribution in [0.5, 0.6) is 11.5 Å². The summed E-state index contributed by atoms with van der Waals surface area (Å²) in [6, 6.07) is 13.9. The molecule has 0 radical (unpaired) electrons. The number of esters is 1. The summed E-state index contributed by atoms with van der Waals surface area (Å²) >= 11 is 0. The molecule has 3 aromatic rings. The third-order valence-electron chi connectivity index (χ3n) is 6.96. The average molecular weight is 553 g/mol. The molecule has 2 aromatic carbocycles. The number of hydrogen-bond donors (Lipinski definition) is 0. The minimum atomic E-state index is -0.629. The SMILES string of the molecule is CCCCCCCCCCc1cnc(-c2ccc(C(=O)Oc3ccc(OCCCCC)c(C#N)c3C#N)cc2)nc1. The predicted molar refractivity (Wildman–Crippen MR) is 160 cm³/mol. The number of nitriles is 2. The Kier molecular flexibility index (Phi) is 13.3. The molecule has 0 aliphatic heterocycles. The fourth-order valence-electron chi connectivity index (χ4n) is 4.54. The highest BCUT2D eigenvalue weighted by Crippen LogP contribution is 2.30. The lowest BCUT2D eigenvalue weighted by atomic mass is 10.1. The molecule has 0 spiro atoms. The monoisotopic (exact) mass is 552 g/mol. The molecule has 1 heterocycles. The largest absolute Gasteiger partial charge is 0.492 e. The molecule has 0 aliphatic carbocycles. The molecule has 41 heavy (non-hydrogen) atoms. The van der Waals surface area contributed by atoms with Gasteiger partial charge in [0, 0.05) is 18.0 Å². The second kappa shape index (κ2) is 17.5. The number of nitrogens with zero attached hydrogens (tertiary/aromatic N) is 4. The average Bonchev–Trinajstić information content (AvgIpc) is 3.01. The molecule has 0 saturated heterocycles. The lowest BCUT2D eigenvalue weighted by Crippen LogP contribution is -2.10. The summed E-state index contributed by atoms with van der Waals surface area (Å²) in [6.45, 7) is 4.78. The van der Waals surface area contributed by atoms with Crippen molar-refractivity contribution in [1.82, 2.24) is 9.97 Å². The van der Waals surface area contributed by atoms with Crippen molar-refractivity contribution >= 4 is 5.97 Å². The molecule has 0 atom stereocenters. The van der Waals surface area contributed by atoms with E-state index in [4.69, 9.17) is 9.47 Å². The molecular formula is C34H40N4O3. The molecule has 214 valence electrons. The van der Waals surface area contributed by atoms with Crippen molar-refractivity contribution in [3.05, 3.63) is 71.0 Å². The van der Waals surface area contributed by atoms with E-state index < -0.39 is 5.97 Å². The lowest BCUT2D eigenvalue weighted by molar-refractivity contribution is 0.0734. The van der Waals surface area contributed by atoms with Crippen LogP contribution in [0, 0.1) is 22.7 Å². The van der Waals surface area contributed by atoms with Crippen LogP contribution in [0.15, 0.2) is 48.8 Å². The number of hydrogen-bond acceptors (Lipinski definition) is 7. The lowest BCUT2D eigenvalue weighted by Gasteiger charge is -2.12. The van der Waals surface area contributed by atoms with Gasteiger partial charge in [-0.2, -0.15) is 10.5 Å². The maximum absolute atomic E-state index is 12.8. The standard InChI is InChI=1S/C34H40N4O3/c1-3-5-7-8-9-10-11-12-14-26-24-37-33(38-25-26)27-15-17-28(18-16-27)34(39)41-32-20-19-31(40-21-13-6-4-2)29(22-35)30(32)23-36/h15-20,24-25H,3-14,21H2,1-2H3. The van der Waals surface area contributed by atoms with E-state index in [0.717, 1.165) is 43.2 Å². The summed E-state index contributed by atoms with van der Waals surface area (Å²) < 4.78 is 11.2. The highest BCUT2D eigenvalue weighted by atomic mass is 16.5. The van der Waals surface area contributed by atoms with Gasteiger partial charge >= 0.3 is 5.97 Å². The van der Waals surface area contributed by atoms with Crippen molar-refractivity contribution in [2.75, 3.05) is 6.61 Å². The molecular weight excluding hydrogens is 512 g/mol. The van der Waals surface area contributed by atoms with Crippen molar-refractivity contribution in [2.24, 2.45) is 0 Å². The van der Waals surface area contributed by atoms with E-state index in [1.54, 1.807) is 30.3 Å². The van der Waals surface area contributed by atoms with Crippen molar-refractivity contribution in [2.45, 2.75) is 90.9 Å². The quantitative estimate of drug-likeness (QED) is 0.0940. The van der Waals surface area contributed by atoms with E-state index in [1.807, 2.05) is 24.5 Å². The van der Waals surface area contributed by atoms with Crippen LogP contribution in [-0.2, 0) is 6.42 Å². The van der Waals surface area contributed by atoms with Gasteiger partial charge in [-0.15, -0.1) is 0 Å². The van der Waals surface area contributed by atoms with E-state index >= 15 is 0 Å². The number of rotatable bonds is 17. The molecule has 0 fully saturated rings. The van der Waals surface area contributed by atoms with E-state index in [1.165, 1.54) is 51.0 Å². The van der Waals surface area contributed by atoms with Crippen LogP contribution >= 0.6 is 0 Å². The number of ether oxygens (including phenoxy) is 2. The maximum Gasteiger partial charge on any atom is 0.343 e. The van der Waals surface area contributed by atoms with E-state index in [2.05, 4.69) is 23.8 Å². The zero-order valence-corrected chi connectivity index (χ0v) is 24.3. The van der Waals surface area contributed by atoms with Crippen LogP contribution < -0.4 is 9.47 Å². The number of carbonyl (C=O) groups is 1. The van der Waals surface area contributed by atoms with Gasteiger partial charge in [-0.3, -0.25) is 0 Å². The van der Waals surface area contributed by atoms with Gasteiger partial charge < -0.3 is 9.47 Å². The molecule has 0 amide bonds. The summed E-state index contributed by atoms with van der Waals surface area (Å²) in [5.74, 6) is 0.294. The first-order valence-corrected chi connectivity index (χ1v) is 14.8. The van der Waals surface area contributed by atoms with Crippen molar-refractivity contribution in [3.63, 3.8) is 0 Å². The van der Waals surface area contributed by atoms with Gasteiger partial charge in [0.2, 0.25) is 0 Å². The topological polar surface area (TPSA) is 109 Å². The molecule has 3 rings (SSSR count). The third-order valence-corrected chi connectivity index (χ3v) is 6.96. The van der Waals surface area contributed by atoms with Crippen LogP contribution in [0.1, 0.15) is 112 Å². The number of aromatic nitrogens is 2. The Bertz CT molecular complexity index is 1320. The van der Waals surface area contributed by atoms with E-state index in [0.29, 0.717) is 23.7 Å². The van der Waals surface area contributed by atoms with Gasteiger partial charge in [-0.1, -0.05) is 83.8 Å². The second-order valence-corrected chi connectivity index (χ2v) is 10.2. The first-order valence-electron chi connectivity index (χ1n) is 14.8. The number of benzene rings is 2. The molecule has 0 aliphatic rings. The minimum absolute atomic E-state index is 0.0223. The van der Waals surface area contributed by atoms with Gasteiger partial charge in [0.1, 0.15) is 29.0 Å². The van der Waals surface area contributed by atoms with E-state index in [9.17, 15) is 15.3 Å². The Hall–Kier alpha value is -4.23.